The molecule has 1 amide bonds. The average Bonchev–Trinajstić information content (AvgIpc) is 3.01. The largest absolute Gasteiger partial charge is 0.341 e. The minimum Gasteiger partial charge on any atom is -0.341 e. The number of carbonyl (C=O) groups is 1. The summed E-state index contributed by atoms with van der Waals surface area (Å²) in [5, 5.41) is 9.62. The summed E-state index contributed by atoms with van der Waals surface area (Å²) in [6.07, 6.45) is 10.4. The molecule has 1 saturated heterocycles. The van der Waals surface area contributed by atoms with Crippen LogP contribution < -0.4 is 0 Å². The second-order valence-electron chi connectivity index (χ2n) is 6.74. The van der Waals surface area contributed by atoms with Crippen LogP contribution in [0, 0.1) is 16.7 Å². The summed E-state index contributed by atoms with van der Waals surface area (Å²) in [7, 11) is 2.00. The van der Waals surface area contributed by atoms with E-state index in [0.29, 0.717) is 6.54 Å². The Morgan fingerprint density at radius 2 is 2.14 bits per heavy atom. The van der Waals surface area contributed by atoms with Gasteiger partial charge in [0.2, 0.25) is 5.91 Å². The zero-order valence-corrected chi connectivity index (χ0v) is 13.3. The second kappa shape index (κ2) is 6.12. The maximum Gasteiger partial charge on any atom is 0.243 e. The van der Waals surface area contributed by atoms with Gasteiger partial charge >= 0.3 is 0 Å². The van der Waals surface area contributed by atoms with Crippen LogP contribution in [0.1, 0.15) is 56.7 Å². The highest BCUT2D eigenvalue weighted by atomic mass is 16.2. The number of piperidine rings is 1. The molecule has 118 valence electrons. The SMILES string of the molecule is Cn1ccnc1C1CCCN(C(=O)C2(C#N)CCCCC2)C1. The molecular weight excluding hydrogens is 276 g/mol. The van der Waals surface area contributed by atoms with Crippen LogP contribution in [-0.2, 0) is 11.8 Å². The van der Waals surface area contributed by atoms with E-state index in [-0.39, 0.29) is 11.8 Å². The van der Waals surface area contributed by atoms with Gasteiger partial charge in [0.1, 0.15) is 11.2 Å². The molecule has 1 aromatic heterocycles. The summed E-state index contributed by atoms with van der Waals surface area (Å²) in [6, 6.07) is 2.36. The number of hydrogen-bond acceptors (Lipinski definition) is 3. The number of aromatic nitrogens is 2. The molecule has 1 unspecified atom stereocenters. The van der Waals surface area contributed by atoms with Crippen molar-refractivity contribution in [2.75, 3.05) is 13.1 Å². The van der Waals surface area contributed by atoms with E-state index in [1.165, 1.54) is 0 Å². The summed E-state index contributed by atoms with van der Waals surface area (Å²) in [5.74, 6) is 1.40. The fourth-order valence-corrected chi connectivity index (χ4v) is 3.97. The molecule has 1 aliphatic carbocycles. The predicted molar refractivity (Wildman–Crippen MR) is 82.9 cm³/mol. The number of imidazole rings is 1. The van der Waals surface area contributed by atoms with Crippen molar-refractivity contribution in [3.05, 3.63) is 18.2 Å². The molecular formula is C17H24N4O. The van der Waals surface area contributed by atoms with Gasteiger partial charge in [0.25, 0.3) is 0 Å². The van der Waals surface area contributed by atoms with E-state index < -0.39 is 5.41 Å². The maximum absolute atomic E-state index is 13.0. The zero-order valence-electron chi connectivity index (χ0n) is 13.3. The number of aryl methyl sites for hydroxylation is 1. The maximum atomic E-state index is 13.0. The lowest BCUT2D eigenvalue weighted by molar-refractivity contribution is -0.141. The van der Waals surface area contributed by atoms with Gasteiger partial charge in [0, 0.05) is 38.4 Å². The van der Waals surface area contributed by atoms with Crippen LogP contribution in [0.25, 0.3) is 0 Å². The van der Waals surface area contributed by atoms with Gasteiger partial charge in [-0.15, -0.1) is 0 Å². The standard InChI is InChI=1S/C17H24N4O/c1-20-11-9-19-15(20)14-6-5-10-21(12-14)16(22)17(13-18)7-3-2-4-8-17/h9,11,14H,2-8,10,12H2,1H3. The van der Waals surface area contributed by atoms with Crippen LogP contribution in [0.15, 0.2) is 12.4 Å². The van der Waals surface area contributed by atoms with Crippen LogP contribution in [0.3, 0.4) is 0 Å². The van der Waals surface area contributed by atoms with Crippen LogP contribution >= 0.6 is 0 Å². The number of nitrogens with zero attached hydrogens (tertiary/aromatic N) is 4. The Kier molecular flexibility index (Phi) is 4.19. The third-order valence-electron chi connectivity index (χ3n) is 5.26. The Balaban J connectivity index is 1.75. The van der Waals surface area contributed by atoms with Gasteiger partial charge in [0.15, 0.2) is 0 Å². The van der Waals surface area contributed by atoms with Gasteiger partial charge in [-0.3, -0.25) is 4.79 Å². The molecule has 2 fully saturated rings. The van der Waals surface area contributed by atoms with E-state index in [0.717, 1.165) is 57.3 Å². The number of nitriles is 1. The lowest BCUT2D eigenvalue weighted by Crippen LogP contribution is -2.48. The number of carbonyl (C=O) groups excluding carboxylic acids is 1. The van der Waals surface area contributed by atoms with Gasteiger partial charge < -0.3 is 9.47 Å². The topological polar surface area (TPSA) is 61.9 Å². The molecule has 2 aliphatic rings. The van der Waals surface area contributed by atoms with Crippen molar-refractivity contribution < 1.29 is 4.79 Å². The average molecular weight is 300 g/mol. The Morgan fingerprint density at radius 1 is 1.36 bits per heavy atom. The molecule has 1 aromatic rings. The molecule has 1 aliphatic heterocycles. The normalized spacial score (nSPS) is 24.7. The molecule has 1 saturated carbocycles. The van der Waals surface area contributed by atoms with E-state index in [1.807, 2.05) is 28.9 Å². The monoisotopic (exact) mass is 300 g/mol. The second-order valence-corrected chi connectivity index (χ2v) is 6.74. The quantitative estimate of drug-likeness (QED) is 0.843. The fourth-order valence-electron chi connectivity index (χ4n) is 3.97. The van der Waals surface area contributed by atoms with Gasteiger partial charge in [-0.25, -0.2) is 4.98 Å². The molecule has 0 aromatic carbocycles. The molecule has 0 radical (unpaired) electrons. The molecule has 1 atom stereocenters. The molecule has 3 rings (SSSR count). The molecule has 5 heteroatoms. The van der Waals surface area contributed by atoms with Crippen LogP contribution in [0.5, 0.6) is 0 Å². The van der Waals surface area contributed by atoms with Crippen molar-refractivity contribution >= 4 is 5.91 Å². The van der Waals surface area contributed by atoms with Crippen molar-refractivity contribution in [2.24, 2.45) is 12.5 Å². The first-order valence-electron chi connectivity index (χ1n) is 8.34. The van der Waals surface area contributed by atoms with Crippen molar-refractivity contribution in [3.8, 4) is 6.07 Å². The summed E-state index contributed by atoms with van der Waals surface area (Å²) in [4.78, 5) is 19.4. The van der Waals surface area contributed by atoms with E-state index in [1.54, 1.807) is 0 Å². The first-order valence-corrected chi connectivity index (χ1v) is 8.34. The van der Waals surface area contributed by atoms with Crippen molar-refractivity contribution in [3.63, 3.8) is 0 Å². The molecule has 5 nitrogen and oxygen atoms in total. The first kappa shape index (κ1) is 15.1. The number of hydrogen-bond donors (Lipinski definition) is 0. The van der Waals surface area contributed by atoms with Gasteiger partial charge in [-0.2, -0.15) is 5.26 Å². The van der Waals surface area contributed by atoms with E-state index in [4.69, 9.17) is 0 Å². The fraction of sp³-hybridized carbons (Fsp3) is 0.706. The highest BCUT2D eigenvalue weighted by molar-refractivity contribution is 5.85. The molecule has 0 spiro atoms. The third-order valence-corrected chi connectivity index (χ3v) is 5.26. The summed E-state index contributed by atoms with van der Waals surface area (Å²) >= 11 is 0. The van der Waals surface area contributed by atoms with Crippen LogP contribution in [-0.4, -0.2) is 33.4 Å². The van der Waals surface area contributed by atoms with Crippen molar-refractivity contribution in [1.82, 2.24) is 14.5 Å². The molecule has 22 heavy (non-hydrogen) atoms. The molecule has 0 bridgehead atoms. The van der Waals surface area contributed by atoms with Crippen LogP contribution in [0.4, 0.5) is 0 Å². The minimum absolute atomic E-state index is 0.0635. The lowest BCUT2D eigenvalue weighted by atomic mass is 9.74. The van der Waals surface area contributed by atoms with E-state index in [9.17, 15) is 10.1 Å². The molecule has 2 heterocycles. The highest BCUT2D eigenvalue weighted by Crippen LogP contribution is 2.39. The van der Waals surface area contributed by atoms with Crippen molar-refractivity contribution in [1.29, 1.82) is 5.26 Å². The van der Waals surface area contributed by atoms with E-state index >= 15 is 0 Å². The Labute approximate surface area is 131 Å². The van der Waals surface area contributed by atoms with Crippen LogP contribution in [0.2, 0.25) is 0 Å². The van der Waals surface area contributed by atoms with Gasteiger partial charge in [-0.05, 0) is 25.7 Å². The predicted octanol–water partition coefficient (Wildman–Crippen LogP) is 2.60. The lowest BCUT2D eigenvalue weighted by Gasteiger charge is -2.39. The van der Waals surface area contributed by atoms with E-state index in [2.05, 4.69) is 11.1 Å². The number of rotatable bonds is 2. The minimum atomic E-state index is -0.762. The number of likely N-dealkylation sites (tertiary alicyclic amines) is 1. The first-order chi connectivity index (χ1) is 10.7. The Hall–Kier alpha value is -1.83. The Morgan fingerprint density at radius 3 is 2.77 bits per heavy atom. The van der Waals surface area contributed by atoms with Crippen molar-refractivity contribution in [2.45, 2.75) is 50.9 Å². The smallest absolute Gasteiger partial charge is 0.243 e. The number of amides is 1. The Bertz CT molecular complexity index is 580. The van der Waals surface area contributed by atoms with Gasteiger partial charge in [0.05, 0.1) is 6.07 Å². The van der Waals surface area contributed by atoms with Gasteiger partial charge in [-0.1, -0.05) is 19.3 Å². The molecule has 0 N–H and O–H groups in total. The summed E-state index contributed by atoms with van der Waals surface area (Å²) in [6.45, 7) is 1.48. The zero-order chi connectivity index (χ0) is 15.6. The highest BCUT2D eigenvalue weighted by Gasteiger charge is 2.43. The summed E-state index contributed by atoms with van der Waals surface area (Å²) < 4.78 is 2.04. The third kappa shape index (κ3) is 2.63. The summed E-state index contributed by atoms with van der Waals surface area (Å²) in [5.41, 5.74) is -0.762.